The minimum Gasteiger partial charge on any atom is -0.211 e. The zero-order valence-electron chi connectivity index (χ0n) is 18.8. The van der Waals surface area contributed by atoms with Crippen molar-refractivity contribution in [2.45, 2.75) is 115 Å². The summed E-state index contributed by atoms with van der Waals surface area (Å²) in [6.45, 7) is 2.99. The van der Waals surface area contributed by atoms with E-state index >= 15 is 0 Å². The molecule has 0 aromatic heterocycles. The molecule has 0 aliphatic heterocycles. The van der Waals surface area contributed by atoms with Crippen LogP contribution in [0.2, 0.25) is 0 Å². The van der Waals surface area contributed by atoms with Crippen molar-refractivity contribution >= 4 is 10.0 Å². The van der Waals surface area contributed by atoms with Gasteiger partial charge in [-0.1, -0.05) is 64.7 Å². The Bertz CT molecular complexity index is 620. The van der Waals surface area contributed by atoms with Crippen LogP contribution in [0.4, 0.5) is 0 Å². The molecule has 170 valence electrons. The van der Waals surface area contributed by atoms with Gasteiger partial charge in [0.25, 0.3) is 0 Å². The lowest BCUT2D eigenvalue weighted by atomic mass is 10.1. The number of sulfonamides is 1. The minimum absolute atomic E-state index is 0.395. The first-order chi connectivity index (χ1) is 14.5. The second-order valence-electron chi connectivity index (χ2n) is 7.91. The normalized spacial score (nSPS) is 12.2. The molecular weight excluding hydrogens is 396 g/mol. The summed E-state index contributed by atoms with van der Waals surface area (Å²) in [5.74, 6) is 0. The van der Waals surface area contributed by atoms with Gasteiger partial charge in [-0.3, -0.25) is 0 Å². The zero-order chi connectivity index (χ0) is 22.5. The van der Waals surface area contributed by atoms with Crippen molar-refractivity contribution < 1.29 is 8.42 Å². The topological polar surface area (TPSA) is 109 Å². The van der Waals surface area contributed by atoms with Crippen LogP contribution in [0.15, 0.2) is 0 Å². The molecule has 0 spiro atoms. The van der Waals surface area contributed by atoms with Crippen molar-refractivity contribution in [2.24, 2.45) is 0 Å². The molecule has 0 rings (SSSR count). The highest BCUT2D eigenvalue weighted by Crippen LogP contribution is 2.19. The highest BCUT2D eigenvalue weighted by molar-refractivity contribution is 7.90. The van der Waals surface area contributed by atoms with Crippen molar-refractivity contribution in [3.8, 4) is 18.2 Å². The molecule has 0 aliphatic carbocycles. The Kier molecular flexibility index (Phi) is 18.3. The summed E-state index contributed by atoms with van der Waals surface area (Å²) in [4.78, 5) is 0. The fourth-order valence-corrected chi connectivity index (χ4v) is 5.18. The van der Waals surface area contributed by atoms with Gasteiger partial charge in [-0.05, 0) is 32.1 Å². The van der Waals surface area contributed by atoms with Gasteiger partial charge in [-0.15, -0.1) is 0 Å². The van der Waals surface area contributed by atoms with E-state index in [1.54, 1.807) is 0 Å². The largest absolute Gasteiger partial charge is 0.230 e. The van der Waals surface area contributed by atoms with E-state index < -0.39 is 15.3 Å². The summed E-state index contributed by atoms with van der Waals surface area (Å²) in [7, 11) is -3.66. The van der Waals surface area contributed by atoms with Gasteiger partial charge in [0.1, 0.15) is 0 Å². The molecule has 1 unspecified atom stereocenters. The number of rotatable bonds is 20. The average Bonchev–Trinajstić information content (AvgIpc) is 2.73. The highest BCUT2D eigenvalue weighted by Gasteiger charge is 2.31. The van der Waals surface area contributed by atoms with Gasteiger partial charge < -0.3 is 0 Å². The van der Waals surface area contributed by atoms with Gasteiger partial charge >= 0.3 is 0 Å². The molecule has 0 saturated heterocycles. The first-order valence-electron chi connectivity index (χ1n) is 11.7. The lowest BCUT2D eigenvalue weighted by Crippen LogP contribution is -2.39. The second kappa shape index (κ2) is 19.3. The fraction of sp³-hybridized carbons (Fsp3) is 0.870. The van der Waals surface area contributed by atoms with Crippen molar-refractivity contribution in [1.29, 1.82) is 15.8 Å². The van der Waals surface area contributed by atoms with E-state index in [1.165, 1.54) is 30.0 Å². The lowest BCUT2D eigenvalue weighted by Gasteiger charge is -2.25. The van der Waals surface area contributed by atoms with Crippen molar-refractivity contribution in [3.63, 3.8) is 0 Å². The molecule has 0 aromatic carbocycles. The molecule has 1 atom stereocenters. The molecule has 7 heteroatoms. The second-order valence-corrected chi connectivity index (χ2v) is 10.0. The van der Waals surface area contributed by atoms with E-state index in [-0.39, 0.29) is 0 Å². The summed E-state index contributed by atoms with van der Waals surface area (Å²) in [5.41, 5.74) is 0. The SMILES string of the molecule is CCCCCCCCCC(C#N)S(=O)(=O)N(CCCCCC#N)CCCCCC#N. The predicted molar refractivity (Wildman–Crippen MR) is 121 cm³/mol. The highest BCUT2D eigenvalue weighted by atomic mass is 32.2. The third-order valence-corrected chi connectivity index (χ3v) is 7.47. The maximum absolute atomic E-state index is 13.1. The molecule has 0 aliphatic rings. The van der Waals surface area contributed by atoms with Gasteiger partial charge in [0, 0.05) is 25.9 Å². The molecular formula is C23H40N4O2S. The van der Waals surface area contributed by atoms with Crippen LogP contribution in [-0.4, -0.2) is 31.1 Å². The Morgan fingerprint density at radius 2 is 1.17 bits per heavy atom. The maximum atomic E-state index is 13.1. The third kappa shape index (κ3) is 13.6. The van der Waals surface area contributed by atoms with Gasteiger partial charge in [-0.2, -0.15) is 15.8 Å². The molecule has 30 heavy (non-hydrogen) atoms. The number of nitrogens with zero attached hydrogens (tertiary/aromatic N) is 4. The summed E-state index contributed by atoms with van der Waals surface area (Å²) < 4.78 is 27.7. The van der Waals surface area contributed by atoms with Crippen molar-refractivity contribution in [3.05, 3.63) is 0 Å². The summed E-state index contributed by atoms with van der Waals surface area (Å²) in [5, 5.41) is 25.8. The van der Waals surface area contributed by atoms with Crippen LogP contribution >= 0.6 is 0 Å². The van der Waals surface area contributed by atoms with Crippen LogP contribution in [0.1, 0.15) is 110 Å². The first kappa shape index (κ1) is 28.4. The third-order valence-electron chi connectivity index (χ3n) is 5.33. The van der Waals surface area contributed by atoms with Crippen LogP contribution in [0.3, 0.4) is 0 Å². The fourth-order valence-electron chi connectivity index (χ4n) is 3.45. The van der Waals surface area contributed by atoms with Crippen molar-refractivity contribution in [1.82, 2.24) is 4.31 Å². The number of hydrogen-bond donors (Lipinski definition) is 0. The predicted octanol–water partition coefficient (Wildman–Crippen LogP) is 5.82. The van der Waals surface area contributed by atoms with Crippen LogP contribution < -0.4 is 0 Å². The van der Waals surface area contributed by atoms with E-state index in [4.69, 9.17) is 10.5 Å². The van der Waals surface area contributed by atoms with E-state index in [1.807, 2.05) is 6.07 Å². The van der Waals surface area contributed by atoms with Crippen LogP contribution in [0.5, 0.6) is 0 Å². The van der Waals surface area contributed by atoms with E-state index in [0.29, 0.717) is 45.2 Å². The summed E-state index contributed by atoms with van der Waals surface area (Å²) in [6.07, 6.45) is 13.6. The maximum Gasteiger partial charge on any atom is 0.230 e. The molecule has 0 radical (unpaired) electrons. The minimum atomic E-state index is -3.66. The Labute approximate surface area is 184 Å². The van der Waals surface area contributed by atoms with Crippen LogP contribution in [-0.2, 0) is 10.0 Å². The Balaban J connectivity index is 4.69. The zero-order valence-corrected chi connectivity index (χ0v) is 19.6. The van der Waals surface area contributed by atoms with E-state index in [2.05, 4.69) is 19.1 Å². The standard InChI is InChI=1S/C23H40N4O2S/c1-2-3-4-5-6-7-12-17-23(22-26)30(28,29)27(20-15-10-8-13-18-24)21-16-11-9-14-19-25/h23H,2-17,20-21H2,1H3. The monoisotopic (exact) mass is 436 g/mol. The summed E-state index contributed by atoms with van der Waals surface area (Å²) in [6, 6.07) is 6.26. The molecule has 0 fully saturated rings. The van der Waals surface area contributed by atoms with Gasteiger partial charge in [0.05, 0.1) is 18.2 Å². The molecule has 6 nitrogen and oxygen atoms in total. The van der Waals surface area contributed by atoms with Crippen molar-refractivity contribution in [2.75, 3.05) is 13.1 Å². The van der Waals surface area contributed by atoms with E-state index in [0.717, 1.165) is 44.9 Å². The average molecular weight is 437 g/mol. The molecule has 0 N–H and O–H groups in total. The van der Waals surface area contributed by atoms with Gasteiger partial charge in [-0.25, -0.2) is 12.7 Å². The van der Waals surface area contributed by atoms with Gasteiger partial charge in [0.15, 0.2) is 5.25 Å². The quantitative estimate of drug-likeness (QED) is 0.223. The van der Waals surface area contributed by atoms with E-state index in [9.17, 15) is 13.7 Å². The molecule has 0 saturated carbocycles. The molecule has 0 heterocycles. The molecule has 0 amide bonds. The Morgan fingerprint density at radius 1 is 0.700 bits per heavy atom. The smallest absolute Gasteiger partial charge is 0.211 e. The lowest BCUT2D eigenvalue weighted by molar-refractivity contribution is 0.382. The number of unbranched alkanes of at least 4 members (excludes halogenated alkanes) is 12. The number of hydrogen-bond acceptors (Lipinski definition) is 5. The molecule has 0 aromatic rings. The van der Waals surface area contributed by atoms with Gasteiger partial charge in [0.2, 0.25) is 10.0 Å². The first-order valence-corrected chi connectivity index (χ1v) is 13.2. The molecule has 0 bridgehead atoms. The Morgan fingerprint density at radius 3 is 1.63 bits per heavy atom. The Hall–Kier alpha value is -1.62. The number of nitriles is 3. The van der Waals surface area contributed by atoms with Crippen LogP contribution in [0.25, 0.3) is 0 Å². The summed E-state index contributed by atoms with van der Waals surface area (Å²) >= 11 is 0. The van der Waals surface area contributed by atoms with Crippen LogP contribution in [0, 0.1) is 34.0 Å².